The number of ketones is 1. The number of hydrogen-bond donors (Lipinski definition) is 0. The molecular formula is C29H23N3O5. The molecule has 0 aliphatic carbocycles. The molecule has 1 unspecified atom stereocenters. The van der Waals surface area contributed by atoms with Crippen molar-refractivity contribution in [3.05, 3.63) is 117 Å². The number of amides is 2. The van der Waals surface area contributed by atoms with Crippen LogP contribution in [0.1, 0.15) is 33.1 Å². The second-order valence-corrected chi connectivity index (χ2v) is 9.57. The average molecular weight is 494 g/mol. The minimum absolute atomic E-state index is 0.121. The molecule has 8 nitrogen and oxygen atoms in total. The number of hydrogen-bond acceptors (Lipinski definition) is 6. The van der Waals surface area contributed by atoms with Crippen LogP contribution in [0.15, 0.2) is 85.1 Å². The van der Waals surface area contributed by atoms with Gasteiger partial charge < -0.3 is 4.90 Å². The maximum absolute atomic E-state index is 13.8. The Hall–Kier alpha value is -4.59. The van der Waals surface area contributed by atoms with Crippen LogP contribution in [0, 0.1) is 22.0 Å². The normalized spacial score (nSPS) is 23.6. The van der Waals surface area contributed by atoms with Crippen LogP contribution in [0.4, 0.5) is 5.69 Å². The van der Waals surface area contributed by atoms with E-state index in [1.165, 1.54) is 29.2 Å². The third kappa shape index (κ3) is 3.64. The molecule has 37 heavy (non-hydrogen) atoms. The lowest BCUT2D eigenvalue weighted by molar-refractivity contribution is -0.384. The third-order valence-corrected chi connectivity index (χ3v) is 7.65. The van der Waals surface area contributed by atoms with Gasteiger partial charge in [0.1, 0.15) is 6.04 Å². The lowest BCUT2D eigenvalue weighted by Crippen LogP contribution is -2.44. The van der Waals surface area contributed by atoms with Crippen LogP contribution in [-0.2, 0) is 16.0 Å². The predicted octanol–water partition coefficient (Wildman–Crippen LogP) is 4.03. The van der Waals surface area contributed by atoms with E-state index in [0.29, 0.717) is 6.42 Å². The minimum atomic E-state index is -0.890. The number of Topliss-reactive ketones (excluding diaryl/α,β-unsaturated/α-hetero) is 1. The molecule has 0 aromatic heterocycles. The van der Waals surface area contributed by atoms with Gasteiger partial charge in [-0.3, -0.25) is 29.4 Å². The fourth-order valence-electron chi connectivity index (χ4n) is 5.94. The zero-order chi connectivity index (χ0) is 25.7. The number of nitrogens with zero attached hydrogens (tertiary/aromatic N) is 3. The molecule has 0 saturated carbocycles. The molecule has 8 heteroatoms. The minimum Gasteiger partial charge on any atom is -0.358 e. The van der Waals surface area contributed by atoms with Crippen molar-refractivity contribution >= 4 is 29.4 Å². The summed E-state index contributed by atoms with van der Waals surface area (Å²) in [6, 6.07) is 21.4. The van der Waals surface area contributed by atoms with Gasteiger partial charge in [0.05, 0.1) is 22.8 Å². The number of non-ortho nitro benzene ring substituents is 1. The van der Waals surface area contributed by atoms with E-state index in [-0.39, 0.29) is 35.4 Å². The maximum Gasteiger partial charge on any atom is 0.269 e. The fourth-order valence-corrected chi connectivity index (χ4v) is 5.94. The summed E-state index contributed by atoms with van der Waals surface area (Å²) in [5.41, 5.74) is 3.03. The highest BCUT2D eigenvalue weighted by Crippen LogP contribution is 2.53. The first kappa shape index (κ1) is 22.8. The number of imide groups is 1. The van der Waals surface area contributed by atoms with Crippen molar-refractivity contribution in [1.29, 1.82) is 0 Å². The van der Waals surface area contributed by atoms with Crippen LogP contribution in [0.2, 0.25) is 0 Å². The topological polar surface area (TPSA) is 101 Å². The lowest BCUT2D eigenvalue weighted by atomic mass is 9.83. The molecule has 184 valence electrons. The summed E-state index contributed by atoms with van der Waals surface area (Å²) in [4.78, 5) is 55.1. The summed E-state index contributed by atoms with van der Waals surface area (Å²) >= 11 is 0. The lowest BCUT2D eigenvalue weighted by Gasteiger charge is -2.35. The zero-order valence-corrected chi connectivity index (χ0v) is 19.8. The van der Waals surface area contributed by atoms with Gasteiger partial charge in [0, 0.05) is 30.4 Å². The Labute approximate surface area is 213 Å². The monoisotopic (exact) mass is 493 g/mol. The van der Waals surface area contributed by atoms with Gasteiger partial charge >= 0.3 is 0 Å². The highest BCUT2D eigenvalue weighted by atomic mass is 16.6. The van der Waals surface area contributed by atoms with Crippen molar-refractivity contribution in [3.8, 4) is 0 Å². The number of nitro groups is 1. The van der Waals surface area contributed by atoms with Crippen LogP contribution >= 0.6 is 0 Å². The molecule has 3 aromatic carbocycles. The molecule has 3 aromatic rings. The summed E-state index contributed by atoms with van der Waals surface area (Å²) < 4.78 is 0. The highest BCUT2D eigenvalue weighted by molar-refractivity contribution is 6.12. The van der Waals surface area contributed by atoms with Crippen LogP contribution in [-0.4, -0.2) is 44.9 Å². The SMILES string of the molecule is O=C(c1ccc([N+](=O)[O-])cc1)[C@@H]1[C@@H]2C(=O)N(CCc3ccccc3)C(=O)[C@@H]2C2c3ccccc3C=CN21. The molecule has 6 rings (SSSR count). The summed E-state index contributed by atoms with van der Waals surface area (Å²) in [5.74, 6) is -2.47. The Morgan fingerprint density at radius 1 is 0.865 bits per heavy atom. The summed E-state index contributed by atoms with van der Waals surface area (Å²) in [6.07, 6.45) is 4.23. The molecule has 0 N–H and O–H groups in total. The first-order valence-corrected chi connectivity index (χ1v) is 12.2. The number of fused-ring (bicyclic) bond motifs is 5. The summed E-state index contributed by atoms with van der Waals surface area (Å²) in [6.45, 7) is 0.247. The molecule has 0 radical (unpaired) electrons. The molecule has 3 aliphatic rings. The van der Waals surface area contributed by atoms with E-state index in [4.69, 9.17) is 0 Å². The smallest absolute Gasteiger partial charge is 0.269 e. The van der Waals surface area contributed by atoms with Crippen molar-refractivity contribution in [2.45, 2.75) is 18.5 Å². The predicted molar refractivity (Wildman–Crippen MR) is 135 cm³/mol. The van der Waals surface area contributed by atoms with Crippen molar-refractivity contribution in [2.75, 3.05) is 6.54 Å². The summed E-state index contributed by atoms with van der Waals surface area (Å²) in [5, 5.41) is 11.1. The maximum atomic E-state index is 13.8. The van der Waals surface area contributed by atoms with Gasteiger partial charge in [-0.1, -0.05) is 54.6 Å². The van der Waals surface area contributed by atoms with E-state index < -0.39 is 28.8 Å². The molecule has 4 atom stereocenters. The molecule has 3 aliphatic heterocycles. The molecule has 2 saturated heterocycles. The number of benzene rings is 3. The number of carbonyl (C=O) groups is 3. The van der Waals surface area contributed by atoms with Crippen LogP contribution in [0.25, 0.3) is 6.08 Å². The molecule has 0 spiro atoms. The van der Waals surface area contributed by atoms with Crippen molar-refractivity contribution in [3.63, 3.8) is 0 Å². The van der Waals surface area contributed by atoms with Crippen molar-refractivity contribution in [1.82, 2.24) is 9.80 Å². The highest BCUT2D eigenvalue weighted by Gasteiger charge is 2.64. The van der Waals surface area contributed by atoms with Crippen LogP contribution < -0.4 is 0 Å². The van der Waals surface area contributed by atoms with E-state index in [1.807, 2.05) is 65.6 Å². The van der Waals surface area contributed by atoms with E-state index in [1.54, 1.807) is 6.20 Å². The number of carbonyl (C=O) groups excluding carboxylic acids is 3. The first-order valence-electron chi connectivity index (χ1n) is 12.2. The van der Waals surface area contributed by atoms with Crippen molar-refractivity contribution in [2.24, 2.45) is 11.8 Å². The van der Waals surface area contributed by atoms with E-state index in [2.05, 4.69) is 0 Å². The van der Waals surface area contributed by atoms with E-state index >= 15 is 0 Å². The Kier molecular flexibility index (Phi) is 5.44. The second kappa shape index (κ2) is 8.81. The van der Waals surface area contributed by atoms with Gasteiger partial charge in [0.2, 0.25) is 11.8 Å². The van der Waals surface area contributed by atoms with Gasteiger partial charge in [0.25, 0.3) is 5.69 Å². The third-order valence-electron chi connectivity index (χ3n) is 7.65. The Morgan fingerprint density at radius 2 is 1.54 bits per heavy atom. The molecule has 3 heterocycles. The van der Waals surface area contributed by atoms with Gasteiger partial charge in [-0.15, -0.1) is 0 Å². The van der Waals surface area contributed by atoms with Gasteiger partial charge in [-0.2, -0.15) is 0 Å². The van der Waals surface area contributed by atoms with E-state index in [9.17, 15) is 24.5 Å². The molecule has 0 bridgehead atoms. The van der Waals surface area contributed by atoms with Crippen molar-refractivity contribution < 1.29 is 19.3 Å². The zero-order valence-electron chi connectivity index (χ0n) is 19.8. The first-order chi connectivity index (χ1) is 18.0. The fraction of sp³-hybridized carbons (Fsp3) is 0.207. The number of rotatable bonds is 6. The van der Waals surface area contributed by atoms with Gasteiger partial charge in [0.15, 0.2) is 5.78 Å². The standard InChI is InChI=1S/C29H23N3O5/c33-27(20-10-12-21(13-11-20)32(36)37)26-24-23(25-22-9-5-4-8-19(22)15-17-30(25)26)28(34)31(29(24)35)16-14-18-6-2-1-3-7-18/h1-13,15,17,23-26H,14,16H2/t23-,24+,25?,26-/m0/s1. The van der Waals surface area contributed by atoms with E-state index in [0.717, 1.165) is 16.7 Å². The molecular weight excluding hydrogens is 470 g/mol. The summed E-state index contributed by atoms with van der Waals surface area (Å²) in [7, 11) is 0. The van der Waals surface area contributed by atoms with Crippen LogP contribution in [0.3, 0.4) is 0 Å². The quantitative estimate of drug-likeness (QED) is 0.222. The number of likely N-dealkylation sites (tertiary alicyclic amines) is 1. The largest absolute Gasteiger partial charge is 0.358 e. The van der Waals surface area contributed by atoms with Gasteiger partial charge in [-0.05, 0) is 41.3 Å². The van der Waals surface area contributed by atoms with Crippen LogP contribution in [0.5, 0.6) is 0 Å². The average Bonchev–Trinajstić information content (AvgIpc) is 3.40. The number of nitro benzene ring substituents is 1. The molecule has 2 amide bonds. The van der Waals surface area contributed by atoms with Gasteiger partial charge in [-0.25, -0.2) is 0 Å². The Bertz CT molecular complexity index is 1450. The second-order valence-electron chi connectivity index (χ2n) is 9.57. The molecule has 2 fully saturated rings. The Morgan fingerprint density at radius 3 is 2.27 bits per heavy atom. The Balaban J connectivity index is 1.38.